The molecule has 1 heterocycles. The normalized spacial score (nSPS) is 22.9. The van der Waals surface area contributed by atoms with Crippen LogP contribution in [-0.2, 0) is 4.79 Å². The van der Waals surface area contributed by atoms with Gasteiger partial charge in [-0.3, -0.25) is 25.8 Å². The SMILES string of the molecule is C[C@@H]1[C@H](C)CCC[C@@H]1NC(=S)NNC(=O)/C=C/c1cc2c(cc1[N+](=O)[O-])OCO2. The second-order valence-corrected chi connectivity index (χ2v) is 7.72. The molecule has 3 rings (SSSR count). The number of thiocarbonyl (C=S) groups is 1. The molecule has 0 bridgehead atoms. The average molecular weight is 420 g/mol. The second kappa shape index (κ2) is 9.08. The van der Waals surface area contributed by atoms with Crippen molar-refractivity contribution < 1.29 is 19.2 Å². The Hall–Kier alpha value is -2.88. The third kappa shape index (κ3) is 5.14. The molecule has 1 amide bonds. The molecule has 0 unspecified atom stereocenters. The zero-order valence-electron chi connectivity index (χ0n) is 16.3. The van der Waals surface area contributed by atoms with Gasteiger partial charge in [-0.2, -0.15) is 0 Å². The van der Waals surface area contributed by atoms with Gasteiger partial charge >= 0.3 is 0 Å². The van der Waals surface area contributed by atoms with Crippen LogP contribution >= 0.6 is 12.2 Å². The molecule has 1 saturated carbocycles. The zero-order chi connectivity index (χ0) is 21.0. The number of nitrogens with one attached hydrogen (secondary N) is 3. The first-order valence-corrected chi connectivity index (χ1v) is 9.88. The van der Waals surface area contributed by atoms with E-state index in [2.05, 4.69) is 30.0 Å². The first-order chi connectivity index (χ1) is 13.8. The number of hydrazine groups is 1. The van der Waals surface area contributed by atoms with Gasteiger partial charge in [0.2, 0.25) is 6.79 Å². The van der Waals surface area contributed by atoms with E-state index in [9.17, 15) is 14.9 Å². The molecule has 3 atom stereocenters. The molecule has 1 aromatic rings. The van der Waals surface area contributed by atoms with Crippen LogP contribution in [0.3, 0.4) is 0 Å². The van der Waals surface area contributed by atoms with Crippen LogP contribution in [0.5, 0.6) is 11.5 Å². The molecule has 10 heteroatoms. The summed E-state index contributed by atoms with van der Waals surface area (Å²) in [7, 11) is 0. The monoisotopic (exact) mass is 420 g/mol. The standard InChI is InChI=1S/C19H24N4O5S/c1-11-4-3-5-14(12(11)2)20-19(29)22-21-18(24)7-6-13-8-16-17(28-10-27-16)9-15(13)23(25)26/h6-9,11-12,14H,3-5,10H2,1-2H3,(H,21,24)(H2,20,22,29)/b7-6+/t11-,12-,14+/m1/s1. The summed E-state index contributed by atoms with van der Waals surface area (Å²) in [6, 6.07) is 3.02. The first-order valence-electron chi connectivity index (χ1n) is 9.47. The van der Waals surface area contributed by atoms with E-state index in [1.807, 2.05) is 0 Å². The summed E-state index contributed by atoms with van der Waals surface area (Å²) in [6.45, 7) is 4.44. The number of carbonyl (C=O) groups excluding carboxylic acids is 1. The van der Waals surface area contributed by atoms with Crippen LogP contribution in [0.1, 0.15) is 38.7 Å². The minimum absolute atomic E-state index is 0.00684. The Kier molecular flexibility index (Phi) is 6.53. The first kappa shape index (κ1) is 20.8. The fourth-order valence-corrected chi connectivity index (χ4v) is 3.76. The lowest BCUT2D eigenvalue weighted by molar-refractivity contribution is -0.385. The lowest BCUT2D eigenvalue weighted by atomic mass is 9.78. The van der Waals surface area contributed by atoms with Gasteiger partial charge in [0, 0.05) is 12.1 Å². The van der Waals surface area contributed by atoms with Crippen LogP contribution in [0.25, 0.3) is 6.08 Å². The van der Waals surface area contributed by atoms with E-state index < -0.39 is 10.8 Å². The number of benzene rings is 1. The summed E-state index contributed by atoms with van der Waals surface area (Å²) in [5.41, 5.74) is 5.19. The van der Waals surface area contributed by atoms with Crippen LogP contribution in [0.15, 0.2) is 18.2 Å². The van der Waals surface area contributed by atoms with Crippen molar-refractivity contribution in [2.24, 2.45) is 11.8 Å². The molecule has 1 aliphatic carbocycles. The predicted octanol–water partition coefficient (Wildman–Crippen LogP) is 2.66. The summed E-state index contributed by atoms with van der Waals surface area (Å²) in [5.74, 6) is 1.33. The number of nitro benzene ring substituents is 1. The highest BCUT2D eigenvalue weighted by Gasteiger charge is 2.27. The number of rotatable bonds is 4. The largest absolute Gasteiger partial charge is 0.454 e. The van der Waals surface area contributed by atoms with Gasteiger partial charge in [0.25, 0.3) is 11.6 Å². The van der Waals surface area contributed by atoms with Gasteiger partial charge < -0.3 is 14.8 Å². The molecule has 3 N–H and O–H groups in total. The van der Waals surface area contributed by atoms with Gasteiger partial charge in [-0.15, -0.1) is 0 Å². The van der Waals surface area contributed by atoms with Crippen molar-refractivity contribution in [3.05, 3.63) is 33.9 Å². The predicted molar refractivity (Wildman–Crippen MR) is 111 cm³/mol. The Bertz CT molecular complexity index is 844. The maximum absolute atomic E-state index is 12.1. The maximum Gasteiger partial charge on any atom is 0.280 e. The number of nitrogens with zero attached hydrogens (tertiary/aromatic N) is 1. The molecule has 1 aliphatic heterocycles. The van der Waals surface area contributed by atoms with E-state index in [0.717, 1.165) is 12.8 Å². The fraction of sp³-hybridized carbons (Fsp3) is 0.474. The number of amides is 1. The Labute approximate surface area is 173 Å². The number of ether oxygens (including phenoxy) is 2. The van der Waals surface area contributed by atoms with Crippen LogP contribution in [0, 0.1) is 22.0 Å². The third-order valence-electron chi connectivity index (χ3n) is 5.46. The van der Waals surface area contributed by atoms with E-state index in [4.69, 9.17) is 21.7 Å². The molecule has 0 saturated heterocycles. The molecule has 0 spiro atoms. The van der Waals surface area contributed by atoms with Crippen LogP contribution in [0.4, 0.5) is 5.69 Å². The fourth-order valence-electron chi connectivity index (χ4n) is 3.55. The van der Waals surface area contributed by atoms with Gasteiger partial charge in [0.15, 0.2) is 16.6 Å². The summed E-state index contributed by atoms with van der Waals surface area (Å²) >= 11 is 5.25. The van der Waals surface area contributed by atoms with Gasteiger partial charge in [-0.05, 0) is 42.6 Å². The van der Waals surface area contributed by atoms with Crippen molar-refractivity contribution >= 4 is 35.0 Å². The summed E-state index contributed by atoms with van der Waals surface area (Å²) < 4.78 is 10.4. The van der Waals surface area contributed by atoms with Crippen LogP contribution < -0.4 is 25.6 Å². The Morgan fingerprint density at radius 3 is 2.69 bits per heavy atom. The molecular weight excluding hydrogens is 396 g/mol. The number of fused-ring (bicyclic) bond motifs is 1. The molecule has 1 fully saturated rings. The van der Waals surface area contributed by atoms with E-state index in [1.54, 1.807) is 0 Å². The van der Waals surface area contributed by atoms with Crippen LogP contribution in [0.2, 0.25) is 0 Å². The summed E-state index contributed by atoms with van der Waals surface area (Å²) in [5, 5.41) is 14.8. The minimum Gasteiger partial charge on any atom is -0.454 e. The van der Waals surface area contributed by atoms with E-state index in [-0.39, 0.29) is 24.1 Å². The van der Waals surface area contributed by atoms with E-state index in [1.165, 1.54) is 30.7 Å². The summed E-state index contributed by atoms with van der Waals surface area (Å²) in [6.07, 6.45) is 5.93. The van der Waals surface area contributed by atoms with E-state index >= 15 is 0 Å². The van der Waals surface area contributed by atoms with Crippen molar-refractivity contribution in [1.82, 2.24) is 16.2 Å². The lowest BCUT2D eigenvalue weighted by Crippen LogP contribution is -2.52. The Morgan fingerprint density at radius 1 is 1.24 bits per heavy atom. The molecule has 1 aromatic carbocycles. The van der Waals surface area contributed by atoms with Crippen LogP contribution in [-0.4, -0.2) is 28.8 Å². The third-order valence-corrected chi connectivity index (χ3v) is 5.68. The smallest absolute Gasteiger partial charge is 0.280 e. The molecule has 29 heavy (non-hydrogen) atoms. The molecule has 0 aromatic heterocycles. The number of hydrogen-bond acceptors (Lipinski definition) is 6. The molecular formula is C19H24N4O5S. The van der Waals surface area contributed by atoms with Gasteiger partial charge in [0.05, 0.1) is 16.6 Å². The Morgan fingerprint density at radius 2 is 1.97 bits per heavy atom. The van der Waals surface area contributed by atoms with Crippen molar-refractivity contribution in [2.45, 2.75) is 39.2 Å². The van der Waals surface area contributed by atoms with Gasteiger partial charge in [0.1, 0.15) is 0 Å². The quantitative estimate of drug-likeness (QED) is 0.295. The highest BCUT2D eigenvalue weighted by molar-refractivity contribution is 7.80. The lowest BCUT2D eigenvalue weighted by Gasteiger charge is -2.35. The molecule has 0 radical (unpaired) electrons. The number of nitro groups is 1. The Balaban J connectivity index is 1.55. The van der Waals surface area contributed by atoms with Crippen molar-refractivity contribution in [3.63, 3.8) is 0 Å². The van der Waals surface area contributed by atoms with Crippen molar-refractivity contribution in [2.75, 3.05) is 6.79 Å². The minimum atomic E-state index is -0.539. The highest BCUT2D eigenvalue weighted by Crippen LogP contribution is 2.38. The topological polar surface area (TPSA) is 115 Å². The molecule has 9 nitrogen and oxygen atoms in total. The van der Waals surface area contributed by atoms with Crippen molar-refractivity contribution in [1.29, 1.82) is 0 Å². The average Bonchev–Trinajstić information content (AvgIpc) is 3.15. The van der Waals surface area contributed by atoms with Gasteiger partial charge in [-0.1, -0.05) is 26.7 Å². The number of hydrogen-bond donors (Lipinski definition) is 3. The highest BCUT2D eigenvalue weighted by atomic mass is 32.1. The molecule has 156 valence electrons. The number of carbonyl (C=O) groups is 1. The maximum atomic E-state index is 12.1. The second-order valence-electron chi connectivity index (χ2n) is 7.32. The summed E-state index contributed by atoms with van der Waals surface area (Å²) in [4.78, 5) is 22.8. The molecule has 2 aliphatic rings. The zero-order valence-corrected chi connectivity index (χ0v) is 17.1. The van der Waals surface area contributed by atoms with Crippen molar-refractivity contribution in [3.8, 4) is 11.5 Å². The van der Waals surface area contributed by atoms with Gasteiger partial charge in [-0.25, -0.2) is 0 Å². The van der Waals surface area contributed by atoms with E-state index in [0.29, 0.717) is 28.4 Å².